The van der Waals surface area contributed by atoms with Crippen molar-refractivity contribution >= 4 is 6.09 Å². The fourth-order valence-electron chi connectivity index (χ4n) is 1.54. The number of aliphatic hydroxyl groups excluding tert-OH is 1. The Hall–Kier alpha value is -1.07. The first-order valence-corrected chi connectivity index (χ1v) is 5.90. The number of ether oxygens (including phenoxy) is 1. The number of nitrogens with zero attached hydrogens (tertiary/aromatic N) is 1. The van der Waals surface area contributed by atoms with Crippen LogP contribution in [-0.2, 0) is 4.74 Å². The summed E-state index contributed by atoms with van der Waals surface area (Å²) in [4.78, 5) is 13.4. The van der Waals surface area contributed by atoms with Gasteiger partial charge in [-0.15, -0.1) is 0 Å². The van der Waals surface area contributed by atoms with Crippen molar-refractivity contribution < 1.29 is 14.6 Å². The van der Waals surface area contributed by atoms with Crippen molar-refractivity contribution in [3.8, 4) is 0 Å². The molecule has 0 fully saturated rings. The maximum Gasteiger partial charge on any atom is 0.410 e. The molecule has 0 bridgehead atoms. The van der Waals surface area contributed by atoms with Gasteiger partial charge in [0.2, 0.25) is 0 Å². The topological polar surface area (TPSA) is 61.8 Å². The summed E-state index contributed by atoms with van der Waals surface area (Å²) in [6, 6.07) is 0. The highest BCUT2D eigenvalue weighted by Gasteiger charge is 2.24. The molecule has 0 saturated heterocycles. The lowest BCUT2D eigenvalue weighted by molar-refractivity contribution is 0.0301. The molecule has 0 spiro atoms. The molecular formula is C12H22N2O3. The van der Waals surface area contributed by atoms with Crippen LogP contribution in [0.4, 0.5) is 4.79 Å². The minimum Gasteiger partial charge on any atom is -0.444 e. The number of hydrogen-bond donors (Lipinski definition) is 2. The van der Waals surface area contributed by atoms with Crippen LogP contribution in [0.5, 0.6) is 0 Å². The van der Waals surface area contributed by atoms with Crippen molar-refractivity contribution in [3.05, 3.63) is 11.6 Å². The van der Waals surface area contributed by atoms with Crippen LogP contribution in [0.3, 0.4) is 0 Å². The molecule has 0 atom stereocenters. The van der Waals surface area contributed by atoms with Crippen LogP contribution in [0.2, 0.25) is 0 Å². The maximum absolute atomic E-state index is 11.7. The van der Waals surface area contributed by atoms with Crippen LogP contribution in [0.25, 0.3) is 0 Å². The number of hydrogen-bond acceptors (Lipinski definition) is 4. The molecule has 0 aromatic rings. The molecule has 5 heteroatoms. The summed E-state index contributed by atoms with van der Waals surface area (Å²) in [5, 5.41) is 11.7. The molecule has 2 N–H and O–H groups in total. The lowest BCUT2D eigenvalue weighted by Gasteiger charge is -2.24. The third-order valence-electron chi connectivity index (χ3n) is 2.29. The van der Waals surface area contributed by atoms with E-state index < -0.39 is 5.60 Å². The van der Waals surface area contributed by atoms with Crippen LogP contribution in [0.15, 0.2) is 11.6 Å². The van der Waals surface area contributed by atoms with Crippen molar-refractivity contribution in [2.75, 3.05) is 32.8 Å². The van der Waals surface area contributed by atoms with Crippen molar-refractivity contribution in [3.63, 3.8) is 0 Å². The van der Waals surface area contributed by atoms with E-state index in [4.69, 9.17) is 9.84 Å². The van der Waals surface area contributed by atoms with Gasteiger partial charge in [0.25, 0.3) is 0 Å². The van der Waals surface area contributed by atoms with Gasteiger partial charge in [-0.05, 0) is 26.3 Å². The minimum absolute atomic E-state index is 0.128. The average molecular weight is 242 g/mol. The SMILES string of the molecule is CC(C)(C)OC(=O)N1CC=C(CNCCO)C1. The van der Waals surface area contributed by atoms with Crippen molar-refractivity contribution in [2.24, 2.45) is 0 Å². The summed E-state index contributed by atoms with van der Waals surface area (Å²) >= 11 is 0. The monoisotopic (exact) mass is 242 g/mol. The van der Waals surface area contributed by atoms with Crippen LogP contribution in [0.1, 0.15) is 20.8 Å². The highest BCUT2D eigenvalue weighted by atomic mass is 16.6. The molecule has 1 aliphatic rings. The number of rotatable bonds is 4. The van der Waals surface area contributed by atoms with Crippen LogP contribution < -0.4 is 5.32 Å². The number of aliphatic hydroxyl groups is 1. The summed E-state index contributed by atoms with van der Waals surface area (Å²) in [6.45, 7) is 8.19. The van der Waals surface area contributed by atoms with Gasteiger partial charge >= 0.3 is 6.09 Å². The first kappa shape index (κ1) is 14.0. The minimum atomic E-state index is -0.449. The number of carbonyl (C=O) groups is 1. The van der Waals surface area contributed by atoms with Gasteiger partial charge in [0.05, 0.1) is 6.61 Å². The Labute approximate surface area is 102 Å². The predicted octanol–water partition coefficient (Wildman–Crippen LogP) is 0.745. The zero-order valence-electron chi connectivity index (χ0n) is 10.8. The summed E-state index contributed by atoms with van der Waals surface area (Å²) in [5.41, 5.74) is 0.707. The Kier molecular flexibility index (Phi) is 4.96. The highest BCUT2D eigenvalue weighted by molar-refractivity contribution is 5.69. The molecule has 0 radical (unpaired) electrons. The van der Waals surface area contributed by atoms with Gasteiger partial charge in [0, 0.05) is 26.2 Å². The van der Waals surface area contributed by atoms with Gasteiger partial charge in [0.15, 0.2) is 0 Å². The molecule has 0 aromatic carbocycles. The molecule has 0 saturated carbocycles. The van der Waals surface area contributed by atoms with Gasteiger partial charge in [-0.25, -0.2) is 4.79 Å². The molecule has 0 aliphatic carbocycles. The molecule has 5 nitrogen and oxygen atoms in total. The molecular weight excluding hydrogens is 220 g/mol. The van der Waals surface area contributed by atoms with E-state index in [1.807, 2.05) is 26.8 Å². The molecule has 1 rings (SSSR count). The Bertz CT molecular complexity index is 295. The third kappa shape index (κ3) is 5.19. The molecule has 1 heterocycles. The van der Waals surface area contributed by atoms with E-state index in [1.165, 1.54) is 0 Å². The fraction of sp³-hybridized carbons (Fsp3) is 0.750. The number of amides is 1. The largest absolute Gasteiger partial charge is 0.444 e. The van der Waals surface area contributed by atoms with Gasteiger partial charge in [-0.2, -0.15) is 0 Å². The summed E-state index contributed by atoms with van der Waals surface area (Å²) in [6.07, 6.45) is 1.75. The Morgan fingerprint density at radius 2 is 2.29 bits per heavy atom. The maximum atomic E-state index is 11.7. The Morgan fingerprint density at radius 1 is 1.59 bits per heavy atom. The first-order valence-electron chi connectivity index (χ1n) is 5.90. The highest BCUT2D eigenvalue weighted by Crippen LogP contribution is 2.14. The van der Waals surface area contributed by atoms with Gasteiger partial charge in [-0.1, -0.05) is 6.08 Å². The number of nitrogens with one attached hydrogen (secondary N) is 1. The Balaban J connectivity index is 2.30. The molecule has 0 aromatic heterocycles. The van der Waals surface area contributed by atoms with Gasteiger partial charge in [0.1, 0.15) is 5.60 Å². The number of carbonyl (C=O) groups excluding carboxylic acids is 1. The third-order valence-corrected chi connectivity index (χ3v) is 2.29. The fourth-order valence-corrected chi connectivity index (χ4v) is 1.54. The molecule has 1 amide bonds. The zero-order chi connectivity index (χ0) is 12.9. The zero-order valence-corrected chi connectivity index (χ0v) is 10.8. The van der Waals surface area contributed by atoms with Gasteiger partial charge < -0.3 is 20.1 Å². The van der Waals surface area contributed by atoms with E-state index >= 15 is 0 Å². The van der Waals surface area contributed by atoms with E-state index in [0.717, 1.165) is 5.57 Å². The normalized spacial score (nSPS) is 16.0. The first-order chi connectivity index (χ1) is 7.92. The summed E-state index contributed by atoms with van der Waals surface area (Å²) < 4.78 is 5.29. The van der Waals surface area contributed by atoms with Crippen molar-refractivity contribution in [1.29, 1.82) is 0 Å². The molecule has 0 unspecified atom stereocenters. The van der Waals surface area contributed by atoms with Crippen LogP contribution in [0, 0.1) is 0 Å². The predicted molar refractivity (Wildman–Crippen MR) is 65.8 cm³/mol. The second-order valence-corrected chi connectivity index (χ2v) is 5.12. The van der Waals surface area contributed by atoms with E-state index in [1.54, 1.807) is 4.90 Å². The van der Waals surface area contributed by atoms with Gasteiger partial charge in [-0.3, -0.25) is 0 Å². The van der Waals surface area contributed by atoms with Crippen molar-refractivity contribution in [1.82, 2.24) is 10.2 Å². The van der Waals surface area contributed by atoms with Crippen molar-refractivity contribution in [2.45, 2.75) is 26.4 Å². The second kappa shape index (κ2) is 6.02. The lowest BCUT2D eigenvalue weighted by Crippen LogP contribution is -2.36. The van der Waals surface area contributed by atoms with E-state index in [0.29, 0.717) is 26.2 Å². The Morgan fingerprint density at radius 3 is 2.88 bits per heavy atom. The van der Waals surface area contributed by atoms with Crippen LogP contribution in [-0.4, -0.2) is 54.5 Å². The molecule has 98 valence electrons. The van der Waals surface area contributed by atoms with E-state index in [9.17, 15) is 4.79 Å². The van der Waals surface area contributed by atoms with E-state index in [2.05, 4.69) is 5.32 Å². The standard InChI is InChI=1S/C12H22N2O3/c1-12(2,3)17-11(16)14-6-4-10(9-14)8-13-5-7-15/h4,13,15H,5-9H2,1-3H3. The molecule has 1 aliphatic heterocycles. The molecule has 17 heavy (non-hydrogen) atoms. The quantitative estimate of drug-likeness (QED) is 0.564. The second-order valence-electron chi connectivity index (χ2n) is 5.12. The summed E-state index contributed by atoms with van der Waals surface area (Å²) in [7, 11) is 0. The van der Waals surface area contributed by atoms with Crippen LogP contribution >= 0.6 is 0 Å². The average Bonchev–Trinajstić information content (AvgIpc) is 2.64. The lowest BCUT2D eigenvalue weighted by atomic mass is 10.2. The summed E-state index contributed by atoms with van der Waals surface area (Å²) in [5.74, 6) is 0. The smallest absolute Gasteiger partial charge is 0.410 e. The van der Waals surface area contributed by atoms with E-state index in [-0.39, 0.29) is 12.7 Å².